The van der Waals surface area contributed by atoms with E-state index in [1.807, 2.05) is 12.1 Å². The Morgan fingerprint density at radius 2 is 1.77 bits per heavy atom. The van der Waals surface area contributed by atoms with Crippen LogP contribution in [-0.2, 0) is 28.9 Å². The van der Waals surface area contributed by atoms with Crippen LogP contribution in [0.2, 0.25) is 0 Å². The molecule has 2 aromatic carbocycles. The van der Waals surface area contributed by atoms with Crippen molar-refractivity contribution in [2.45, 2.75) is 45.4 Å². The van der Waals surface area contributed by atoms with Gasteiger partial charge in [0.15, 0.2) is 11.5 Å². The summed E-state index contributed by atoms with van der Waals surface area (Å²) in [5.41, 5.74) is 7.25. The summed E-state index contributed by atoms with van der Waals surface area (Å²) in [6, 6.07) is 11.4. The maximum atomic E-state index is 12.4. The monoisotopic (exact) mass is 423 g/mol. The van der Waals surface area contributed by atoms with E-state index < -0.39 is 0 Å². The molecule has 0 saturated heterocycles. The van der Waals surface area contributed by atoms with Crippen molar-refractivity contribution in [1.29, 1.82) is 0 Å². The highest BCUT2D eigenvalue weighted by atomic mass is 16.5. The number of hydrogen-bond donors (Lipinski definition) is 2. The highest BCUT2D eigenvalue weighted by Crippen LogP contribution is 2.28. The molecular weight excluding hydrogens is 394 g/mol. The topological polar surface area (TPSA) is 89.0 Å². The number of ether oxygens (including phenoxy) is 2. The molecule has 0 radical (unpaired) electrons. The van der Waals surface area contributed by atoms with Crippen molar-refractivity contribution in [2.75, 3.05) is 19.5 Å². The first kappa shape index (κ1) is 22.3. The Kier molecular flexibility index (Phi) is 7.65. The van der Waals surface area contributed by atoms with Crippen LogP contribution in [0.15, 0.2) is 41.5 Å². The van der Waals surface area contributed by atoms with Gasteiger partial charge in [0.2, 0.25) is 11.8 Å². The van der Waals surface area contributed by atoms with Gasteiger partial charge in [-0.15, -0.1) is 0 Å². The molecule has 1 aliphatic carbocycles. The van der Waals surface area contributed by atoms with E-state index in [9.17, 15) is 9.59 Å². The third-order valence-electron chi connectivity index (χ3n) is 5.27. The lowest BCUT2D eigenvalue weighted by molar-refractivity contribution is -0.120. The van der Waals surface area contributed by atoms with Crippen LogP contribution in [0.3, 0.4) is 0 Å². The Hall–Kier alpha value is -3.35. The lowest BCUT2D eigenvalue weighted by Crippen LogP contribution is -2.23. The van der Waals surface area contributed by atoms with Gasteiger partial charge in [0.25, 0.3) is 0 Å². The number of hydrogen-bond acceptors (Lipinski definition) is 5. The van der Waals surface area contributed by atoms with Crippen molar-refractivity contribution >= 4 is 23.2 Å². The van der Waals surface area contributed by atoms with Crippen LogP contribution in [0.5, 0.6) is 11.5 Å². The first-order chi connectivity index (χ1) is 15.0. The molecule has 164 valence electrons. The molecule has 1 aliphatic rings. The van der Waals surface area contributed by atoms with E-state index in [0.29, 0.717) is 17.2 Å². The van der Waals surface area contributed by atoms with Crippen LogP contribution in [0.4, 0.5) is 5.69 Å². The van der Waals surface area contributed by atoms with E-state index in [4.69, 9.17) is 9.47 Å². The van der Waals surface area contributed by atoms with E-state index >= 15 is 0 Å². The van der Waals surface area contributed by atoms with Crippen molar-refractivity contribution in [3.63, 3.8) is 0 Å². The molecule has 0 unspecified atom stereocenters. The van der Waals surface area contributed by atoms with Gasteiger partial charge in [-0.3, -0.25) is 9.59 Å². The van der Waals surface area contributed by atoms with Gasteiger partial charge in [0.1, 0.15) is 0 Å². The van der Waals surface area contributed by atoms with Gasteiger partial charge < -0.3 is 14.8 Å². The number of carbonyl (C=O) groups is 2. The van der Waals surface area contributed by atoms with Gasteiger partial charge in [-0.05, 0) is 67.5 Å². The van der Waals surface area contributed by atoms with Crippen LogP contribution in [0, 0.1) is 0 Å². The molecule has 0 atom stereocenters. The Bertz CT molecular complexity index is 985. The Morgan fingerprint density at radius 3 is 2.55 bits per heavy atom. The van der Waals surface area contributed by atoms with Gasteiger partial charge in [0.05, 0.1) is 27.1 Å². The lowest BCUT2D eigenvalue weighted by atomic mass is 9.90. The van der Waals surface area contributed by atoms with Crippen molar-refractivity contribution in [3.8, 4) is 11.5 Å². The van der Waals surface area contributed by atoms with Crippen LogP contribution < -0.4 is 20.2 Å². The highest BCUT2D eigenvalue weighted by Gasteiger charge is 2.15. The van der Waals surface area contributed by atoms with Gasteiger partial charge in [0, 0.05) is 11.4 Å². The summed E-state index contributed by atoms with van der Waals surface area (Å²) in [5, 5.41) is 7.06. The second-order valence-corrected chi connectivity index (χ2v) is 7.62. The Balaban J connectivity index is 1.52. The van der Waals surface area contributed by atoms with Crippen molar-refractivity contribution in [3.05, 3.63) is 53.1 Å². The number of nitrogens with zero attached hydrogens (tertiary/aromatic N) is 1. The van der Waals surface area contributed by atoms with Gasteiger partial charge >= 0.3 is 0 Å². The first-order valence-corrected chi connectivity index (χ1v) is 10.4. The van der Waals surface area contributed by atoms with Gasteiger partial charge in [-0.2, -0.15) is 5.10 Å². The van der Waals surface area contributed by atoms with E-state index in [2.05, 4.69) is 21.9 Å². The third-order valence-corrected chi connectivity index (χ3v) is 5.27. The Morgan fingerprint density at radius 1 is 1.00 bits per heavy atom. The van der Waals surface area contributed by atoms with Crippen LogP contribution in [-0.4, -0.2) is 31.7 Å². The zero-order valence-electron chi connectivity index (χ0n) is 18.3. The van der Waals surface area contributed by atoms with Gasteiger partial charge in [-0.25, -0.2) is 5.43 Å². The van der Waals surface area contributed by atoms with Crippen LogP contribution >= 0.6 is 0 Å². The number of carbonyl (C=O) groups excluding carboxylic acids is 2. The summed E-state index contributed by atoms with van der Waals surface area (Å²) < 4.78 is 10.5. The number of nitrogens with one attached hydrogen (secondary N) is 2. The zero-order valence-corrected chi connectivity index (χ0v) is 18.3. The molecule has 31 heavy (non-hydrogen) atoms. The molecule has 0 fully saturated rings. The average molecular weight is 424 g/mol. The maximum absolute atomic E-state index is 12.4. The quantitative estimate of drug-likeness (QED) is 0.501. The van der Waals surface area contributed by atoms with Crippen LogP contribution in [0.25, 0.3) is 0 Å². The molecule has 0 aliphatic heterocycles. The number of rotatable bonds is 8. The lowest BCUT2D eigenvalue weighted by Gasteiger charge is -2.19. The zero-order chi connectivity index (χ0) is 22.2. The summed E-state index contributed by atoms with van der Waals surface area (Å²) >= 11 is 0. The molecule has 7 heteroatoms. The summed E-state index contributed by atoms with van der Waals surface area (Å²) in [6.45, 7) is 1.72. The van der Waals surface area contributed by atoms with E-state index in [1.165, 1.54) is 17.5 Å². The van der Waals surface area contributed by atoms with Crippen LogP contribution in [0.1, 0.15) is 42.9 Å². The molecule has 0 saturated carbocycles. The minimum Gasteiger partial charge on any atom is -0.493 e. The van der Waals surface area contributed by atoms with Crippen molar-refractivity contribution < 1.29 is 19.1 Å². The highest BCUT2D eigenvalue weighted by molar-refractivity contribution is 6.06. The smallest absolute Gasteiger partial charge is 0.244 e. The molecule has 0 heterocycles. The second-order valence-electron chi connectivity index (χ2n) is 7.62. The number of anilines is 1. The fourth-order valence-corrected chi connectivity index (χ4v) is 3.74. The summed E-state index contributed by atoms with van der Waals surface area (Å²) in [6.07, 6.45) is 4.64. The number of hydrazone groups is 1. The summed E-state index contributed by atoms with van der Waals surface area (Å²) in [7, 11) is 3.11. The third kappa shape index (κ3) is 6.07. The maximum Gasteiger partial charge on any atom is 0.244 e. The molecule has 0 aromatic heterocycles. The molecular formula is C24H29N3O4. The number of aryl methyl sites for hydroxylation is 1. The number of amides is 2. The Labute approximate surface area is 182 Å². The second kappa shape index (κ2) is 10.6. The van der Waals surface area contributed by atoms with E-state index in [-0.39, 0.29) is 24.7 Å². The van der Waals surface area contributed by atoms with Crippen molar-refractivity contribution in [1.82, 2.24) is 5.43 Å². The van der Waals surface area contributed by atoms with Gasteiger partial charge in [-0.1, -0.05) is 18.2 Å². The van der Waals surface area contributed by atoms with E-state index in [0.717, 1.165) is 30.5 Å². The molecule has 3 rings (SSSR count). The standard InChI is InChI=1S/C24H29N3O4/c1-16(13-23(28)25-20-10-6-8-18-7-4-5-9-19(18)20)26-27-24(29)15-17-11-12-21(30-2)22(14-17)31-3/h6,8,10-12,14H,4-5,7,9,13,15H2,1-3H3,(H,25,28)(H,27,29)/b26-16-. The minimum absolute atomic E-state index is 0.111. The first-order valence-electron chi connectivity index (χ1n) is 10.4. The average Bonchev–Trinajstić information content (AvgIpc) is 2.77. The predicted molar refractivity (Wildman–Crippen MR) is 121 cm³/mol. The number of benzene rings is 2. The summed E-state index contributed by atoms with van der Waals surface area (Å²) in [4.78, 5) is 24.7. The summed E-state index contributed by atoms with van der Waals surface area (Å²) in [5.74, 6) is 0.747. The SMILES string of the molecule is COc1ccc(CC(=O)N/N=C(/C)CC(=O)Nc2cccc3c2CCCC3)cc1OC. The fourth-order valence-electron chi connectivity index (χ4n) is 3.74. The van der Waals surface area contributed by atoms with E-state index in [1.54, 1.807) is 39.3 Å². The normalized spacial score (nSPS) is 13.2. The molecule has 0 spiro atoms. The number of methoxy groups -OCH3 is 2. The molecule has 2 N–H and O–H groups in total. The minimum atomic E-state index is -0.274. The van der Waals surface area contributed by atoms with Crippen molar-refractivity contribution in [2.24, 2.45) is 5.10 Å². The molecule has 7 nitrogen and oxygen atoms in total. The molecule has 2 aromatic rings. The largest absolute Gasteiger partial charge is 0.493 e. The fraction of sp³-hybridized carbons (Fsp3) is 0.375. The molecule has 2 amide bonds. The molecule has 0 bridgehead atoms. The number of fused-ring (bicyclic) bond motifs is 1. The predicted octanol–water partition coefficient (Wildman–Crippen LogP) is 3.65.